The number of pyridine rings is 1. The molecule has 1 aromatic rings. The van der Waals surface area contributed by atoms with Gasteiger partial charge in [0.05, 0.1) is 18.2 Å². The molecule has 1 heterocycles. The molecule has 6 heteroatoms. The molecular weight excluding hydrogens is 238 g/mol. The van der Waals surface area contributed by atoms with Crippen LogP contribution in [0.25, 0.3) is 0 Å². The van der Waals surface area contributed by atoms with Crippen molar-refractivity contribution >= 4 is 17.7 Å². The zero-order chi connectivity index (χ0) is 12.7. The molecule has 0 unspecified atom stereocenters. The van der Waals surface area contributed by atoms with Gasteiger partial charge in [-0.25, -0.2) is 0 Å². The molecule has 0 radical (unpaired) electrons. The first-order valence-corrected chi connectivity index (χ1v) is 6.05. The normalized spacial score (nSPS) is 9.65. The Morgan fingerprint density at radius 3 is 3.06 bits per heavy atom. The monoisotopic (exact) mass is 251 g/mol. The highest BCUT2D eigenvalue weighted by atomic mass is 32.2. The van der Waals surface area contributed by atoms with Gasteiger partial charge >= 0.3 is 0 Å². The third-order valence-corrected chi connectivity index (χ3v) is 3.12. The van der Waals surface area contributed by atoms with E-state index in [1.165, 1.54) is 22.9 Å². The predicted octanol–water partition coefficient (Wildman–Crippen LogP) is 0.784. The minimum atomic E-state index is -0.0888. The molecule has 0 bridgehead atoms. The van der Waals surface area contributed by atoms with Gasteiger partial charge in [-0.15, -0.1) is 0 Å². The second-order valence-electron chi connectivity index (χ2n) is 3.38. The van der Waals surface area contributed by atoms with Crippen LogP contribution >= 0.6 is 11.8 Å². The molecule has 0 fully saturated rings. The lowest BCUT2D eigenvalue weighted by Crippen LogP contribution is -2.31. The van der Waals surface area contributed by atoms with Crippen molar-refractivity contribution in [3.8, 4) is 6.07 Å². The van der Waals surface area contributed by atoms with Crippen LogP contribution in [0.15, 0.2) is 29.4 Å². The van der Waals surface area contributed by atoms with E-state index in [-0.39, 0.29) is 11.7 Å². The van der Waals surface area contributed by atoms with Crippen molar-refractivity contribution in [2.24, 2.45) is 0 Å². The number of thioether (sulfide) groups is 1. The molecule has 0 aliphatic rings. The maximum absolute atomic E-state index is 11.6. The summed E-state index contributed by atoms with van der Waals surface area (Å²) >= 11 is 1.19. The summed E-state index contributed by atoms with van der Waals surface area (Å²) in [5, 5.41) is 20.2. The largest absolute Gasteiger partial charge is 0.618 e. The molecule has 0 aliphatic heterocycles. The van der Waals surface area contributed by atoms with Crippen LogP contribution in [0.5, 0.6) is 0 Å². The van der Waals surface area contributed by atoms with Crippen molar-refractivity contribution in [3.63, 3.8) is 0 Å². The van der Waals surface area contributed by atoms with E-state index < -0.39 is 0 Å². The fraction of sp³-hybridized carbons (Fsp3) is 0.364. The Morgan fingerprint density at radius 2 is 2.41 bits per heavy atom. The summed E-state index contributed by atoms with van der Waals surface area (Å²) in [7, 11) is 1.65. The highest BCUT2D eigenvalue weighted by Gasteiger charge is 2.12. The second-order valence-corrected chi connectivity index (χ2v) is 4.37. The third-order valence-electron chi connectivity index (χ3n) is 2.12. The van der Waals surface area contributed by atoms with Gasteiger partial charge in [0.25, 0.3) is 5.03 Å². The molecule has 0 saturated carbocycles. The summed E-state index contributed by atoms with van der Waals surface area (Å²) in [6.45, 7) is 0.419. The maximum atomic E-state index is 11.6. The molecular formula is C11H13N3O2S. The van der Waals surface area contributed by atoms with Crippen LogP contribution in [0, 0.1) is 16.5 Å². The van der Waals surface area contributed by atoms with Gasteiger partial charge in [0.15, 0.2) is 6.20 Å². The molecule has 0 N–H and O–H groups in total. The average Bonchev–Trinajstić information content (AvgIpc) is 2.34. The lowest BCUT2D eigenvalue weighted by Gasteiger charge is -2.14. The number of nitriles is 1. The number of nitrogens with zero attached hydrogens (tertiary/aromatic N) is 3. The number of hydrogen-bond donors (Lipinski definition) is 0. The standard InChI is InChI=1S/C11H13N3O2S/c1-13(7-4-6-12)10(15)9-17-11-5-2-3-8-14(11)16/h2-3,5,8H,4,7,9H2,1H3. The molecule has 1 amide bonds. The van der Waals surface area contributed by atoms with Gasteiger partial charge in [0.1, 0.15) is 0 Å². The van der Waals surface area contributed by atoms with Crippen LogP contribution in [0.4, 0.5) is 0 Å². The van der Waals surface area contributed by atoms with Crippen molar-refractivity contribution < 1.29 is 9.52 Å². The Kier molecular flexibility index (Phi) is 5.30. The van der Waals surface area contributed by atoms with E-state index in [9.17, 15) is 10.0 Å². The van der Waals surface area contributed by atoms with Gasteiger partial charge in [-0.3, -0.25) is 4.79 Å². The van der Waals surface area contributed by atoms with Crippen LogP contribution in [0.2, 0.25) is 0 Å². The summed E-state index contributed by atoms with van der Waals surface area (Å²) < 4.78 is 0.729. The molecule has 90 valence electrons. The Bertz CT molecular complexity index is 431. The van der Waals surface area contributed by atoms with Crippen molar-refractivity contribution in [2.45, 2.75) is 11.4 Å². The van der Waals surface area contributed by atoms with Crippen molar-refractivity contribution in [3.05, 3.63) is 29.6 Å². The Labute approximate surface area is 104 Å². The minimum absolute atomic E-state index is 0.0888. The summed E-state index contributed by atoms with van der Waals surface area (Å²) in [4.78, 5) is 13.1. The lowest BCUT2D eigenvalue weighted by molar-refractivity contribution is -0.645. The Morgan fingerprint density at radius 1 is 1.65 bits per heavy atom. The molecule has 0 aromatic carbocycles. The van der Waals surface area contributed by atoms with Crippen molar-refractivity contribution in [1.29, 1.82) is 5.26 Å². The fourth-order valence-electron chi connectivity index (χ4n) is 1.11. The number of amides is 1. The first-order chi connectivity index (χ1) is 8.15. The van der Waals surface area contributed by atoms with E-state index in [4.69, 9.17) is 5.26 Å². The molecule has 1 rings (SSSR count). The highest BCUT2D eigenvalue weighted by molar-refractivity contribution is 7.99. The number of aromatic nitrogens is 1. The van der Waals surface area contributed by atoms with Gasteiger partial charge in [-0.05, 0) is 17.8 Å². The van der Waals surface area contributed by atoms with E-state index in [0.29, 0.717) is 18.0 Å². The topological polar surface area (TPSA) is 71.0 Å². The molecule has 1 aromatic heterocycles. The van der Waals surface area contributed by atoms with Crippen LogP contribution in [-0.4, -0.2) is 30.2 Å². The van der Waals surface area contributed by atoms with Crippen molar-refractivity contribution in [1.82, 2.24) is 4.90 Å². The first kappa shape index (κ1) is 13.3. The molecule has 0 aliphatic carbocycles. The Hall–Kier alpha value is -1.74. The summed E-state index contributed by atoms with van der Waals surface area (Å²) in [5.74, 6) is 0.114. The van der Waals surface area contributed by atoms with Crippen molar-refractivity contribution in [2.75, 3.05) is 19.3 Å². The zero-order valence-electron chi connectivity index (χ0n) is 9.50. The summed E-state index contributed by atoms with van der Waals surface area (Å²) in [6, 6.07) is 7.04. The van der Waals surface area contributed by atoms with Crippen LogP contribution in [0.3, 0.4) is 0 Å². The summed E-state index contributed by atoms with van der Waals surface area (Å²) in [5.41, 5.74) is 0. The van der Waals surface area contributed by atoms with Crippen LogP contribution in [0.1, 0.15) is 6.42 Å². The third kappa shape index (κ3) is 4.33. The second kappa shape index (κ2) is 6.76. The Balaban J connectivity index is 2.43. The van der Waals surface area contributed by atoms with Gasteiger partial charge in [-0.2, -0.15) is 9.99 Å². The molecule has 17 heavy (non-hydrogen) atoms. The number of rotatable bonds is 5. The number of carbonyl (C=O) groups excluding carboxylic acids is 1. The van der Waals surface area contributed by atoms with E-state index >= 15 is 0 Å². The first-order valence-electron chi connectivity index (χ1n) is 5.07. The maximum Gasteiger partial charge on any atom is 0.251 e. The van der Waals surface area contributed by atoms with Crippen LogP contribution in [-0.2, 0) is 4.79 Å². The fourth-order valence-corrected chi connectivity index (χ4v) is 1.97. The SMILES string of the molecule is CN(CCC#N)C(=O)CSc1cccc[n+]1[O-]. The lowest BCUT2D eigenvalue weighted by atomic mass is 10.4. The zero-order valence-corrected chi connectivity index (χ0v) is 10.3. The highest BCUT2D eigenvalue weighted by Crippen LogP contribution is 2.12. The molecule has 5 nitrogen and oxygen atoms in total. The minimum Gasteiger partial charge on any atom is -0.618 e. The van der Waals surface area contributed by atoms with Gasteiger partial charge in [0, 0.05) is 25.7 Å². The number of hydrogen-bond acceptors (Lipinski definition) is 4. The molecule has 0 saturated heterocycles. The molecule has 0 spiro atoms. The van der Waals surface area contributed by atoms with Gasteiger partial charge < -0.3 is 10.1 Å². The quantitative estimate of drug-likeness (QED) is 0.440. The van der Waals surface area contributed by atoms with Gasteiger partial charge in [0.2, 0.25) is 5.91 Å². The van der Waals surface area contributed by atoms with Crippen LogP contribution < -0.4 is 4.73 Å². The number of carbonyl (C=O) groups is 1. The predicted molar refractivity (Wildman–Crippen MR) is 64.0 cm³/mol. The van der Waals surface area contributed by atoms with E-state index in [0.717, 1.165) is 4.73 Å². The van der Waals surface area contributed by atoms with E-state index in [1.807, 2.05) is 6.07 Å². The average molecular weight is 251 g/mol. The summed E-state index contributed by atoms with van der Waals surface area (Å²) in [6.07, 6.45) is 1.71. The smallest absolute Gasteiger partial charge is 0.251 e. The van der Waals surface area contributed by atoms with E-state index in [1.54, 1.807) is 25.2 Å². The molecule has 0 atom stereocenters. The van der Waals surface area contributed by atoms with E-state index in [2.05, 4.69) is 0 Å². The van der Waals surface area contributed by atoms with Gasteiger partial charge in [-0.1, -0.05) is 0 Å².